The zero-order valence-corrected chi connectivity index (χ0v) is 19.9. The summed E-state index contributed by atoms with van der Waals surface area (Å²) in [6.07, 6.45) is -3.97. The number of fused-ring (bicyclic) bond motifs is 1. The third-order valence-corrected chi connectivity index (χ3v) is 5.30. The summed E-state index contributed by atoms with van der Waals surface area (Å²) in [4.78, 5) is 30.1. The van der Waals surface area contributed by atoms with Gasteiger partial charge in [0.15, 0.2) is 5.79 Å². The quantitative estimate of drug-likeness (QED) is 0.288. The van der Waals surface area contributed by atoms with Crippen LogP contribution in [0.4, 0.5) is 9.59 Å². The Hall–Kier alpha value is -3.62. The fourth-order valence-corrected chi connectivity index (χ4v) is 3.78. The Labute approximate surface area is 208 Å². The molecule has 2 aliphatic rings. The maximum absolute atomic E-state index is 12.7. The van der Waals surface area contributed by atoms with Crippen molar-refractivity contribution in [2.24, 2.45) is 0 Å². The van der Waals surface area contributed by atoms with Crippen molar-refractivity contribution in [2.45, 2.75) is 50.5 Å². The van der Waals surface area contributed by atoms with Gasteiger partial charge in [0.25, 0.3) is 0 Å². The minimum Gasteiger partial charge on any atom is -0.408 e. The molecule has 0 saturated carbocycles. The van der Waals surface area contributed by atoms with Crippen LogP contribution in [0.1, 0.15) is 20.3 Å². The van der Waals surface area contributed by atoms with Crippen molar-refractivity contribution in [3.05, 3.63) is 60.7 Å². The minimum atomic E-state index is -1.11. The number of hydroxylamine groups is 2. The number of carbonyl (C=O) groups is 2. The summed E-state index contributed by atoms with van der Waals surface area (Å²) in [6, 6.07) is 16.7. The molecule has 1 amide bonds. The van der Waals surface area contributed by atoms with Crippen LogP contribution < -0.4 is 9.47 Å². The molecule has 2 saturated heterocycles. The van der Waals surface area contributed by atoms with E-state index in [-0.39, 0.29) is 31.1 Å². The van der Waals surface area contributed by atoms with Crippen molar-refractivity contribution in [3.63, 3.8) is 0 Å². The number of rotatable bonds is 5. The van der Waals surface area contributed by atoms with Crippen LogP contribution in [0.5, 0.6) is 11.5 Å². The molecule has 10 nitrogen and oxygen atoms in total. The summed E-state index contributed by atoms with van der Waals surface area (Å²) >= 11 is 0. The molecule has 2 aliphatic heterocycles. The lowest BCUT2D eigenvalue weighted by molar-refractivity contribution is -0.184. The second kappa shape index (κ2) is 11.4. The minimum absolute atomic E-state index is 0.102. The number of aliphatic hydroxyl groups excluding tert-OH is 1. The third kappa shape index (κ3) is 6.53. The standard InChI is InChI=1S/C26H27NO9/c1-26(2)34-22-20(33-21(17-28)23(22)35-26)15-9-10-16-27(24(29)31-18-11-5-3-6-12-18)36-25(30)32-19-13-7-4-8-14-19/h3-8,11-14,20-23,28H,10,16-17H2,1-2H3. The van der Waals surface area contributed by atoms with Gasteiger partial charge in [-0.05, 0) is 38.1 Å². The molecule has 10 heteroatoms. The number of amides is 1. The fourth-order valence-electron chi connectivity index (χ4n) is 3.78. The van der Waals surface area contributed by atoms with Gasteiger partial charge < -0.3 is 28.8 Å². The van der Waals surface area contributed by atoms with E-state index in [1.165, 1.54) is 0 Å². The first kappa shape index (κ1) is 25.5. The molecule has 2 aromatic carbocycles. The summed E-state index contributed by atoms with van der Waals surface area (Å²) in [5.74, 6) is 5.59. The van der Waals surface area contributed by atoms with Gasteiger partial charge in [0.05, 0.1) is 13.2 Å². The summed E-state index contributed by atoms with van der Waals surface area (Å²) < 4.78 is 27.8. The van der Waals surface area contributed by atoms with Gasteiger partial charge in [0.1, 0.15) is 35.9 Å². The van der Waals surface area contributed by atoms with Gasteiger partial charge in [-0.25, -0.2) is 9.59 Å². The second-order valence-corrected chi connectivity index (χ2v) is 8.45. The lowest BCUT2D eigenvalue weighted by atomic mass is 10.1. The summed E-state index contributed by atoms with van der Waals surface area (Å²) in [6.45, 7) is 3.24. The number of hydrogen-bond donors (Lipinski definition) is 1. The molecule has 0 radical (unpaired) electrons. The molecule has 2 heterocycles. The lowest BCUT2D eigenvalue weighted by Crippen LogP contribution is -2.37. The molecular weight excluding hydrogens is 470 g/mol. The van der Waals surface area contributed by atoms with E-state index in [1.54, 1.807) is 74.5 Å². The summed E-state index contributed by atoms with van der Waals surface area (Å²) in [5, 5.41) is 10.3. The molecule has 0 aliphatic carbocycles. The topological polar surface area (TPSA) is 113 Å². The van der Waals surface area contributed by atoms with Crippen molar-refractivity contribution in [2.75, 3.05) is 13.2 Å². The molecule has 2 fully saturated rings. The lowest BCUT2D eigenvalue weighted by Gasteiger charge is -2.21. The Kier molecular flexibility index (Phi) is 8.07. The molecule has 1 N–H and O–H groups in total. The van der Waals surface area contributed by atoms with Gasteiger partial charge in [-0.1, -0.05) is 48.2 Å². The van der Waals surface area contributed by atoms with E-state index in [0.29, 0.717) is 0 Å². The van der Waals surface area contributed by atoms with E-state index in [9.17, 15) is 14.7 Å². The Morgan fingerprint density at radius 2 is 1.58 bits per heavy atom. The van der Waals surface area contributed by atoms with Crippen LogP contribution in [0.25, 0.3) is 0 Å². The van der Waals surface area contributed by atoms with Crippen LogP contribution in [0.3, 0.4) is 0 Å². The van der Waals surface area contributed by atoms with Crippen molar-refractivity contribution >= 4 is 12.2 Å². The highest BCUT2D eigenvalue weighted by atomic mass is 16.8. The molecule has 4 unspecified atom stereocenters. The van der Waals surface area contributed by atoms with Gasteiger partial charge in [-0.3, -0.25) is 4.84 Å². The maximum Gasteiger partial charge on any atom is 0.539 e. The number of nitrogens with zero attached hydrogens (tertiary/aromatic N) is 1. The van der Waals surface area contributed by atoms with E-state index < -0.39 is 42.5 Å². The first-order valence-corrected chi connectivity index (χ1v) is 11.4. The first-order valence-electron chi connectivity index (χ1n) is 11.4. The fraction of sp³-hybridized carbons (Fsp3) is 0.385. The number of ether oxygens (including phenoxy) is 5. The van der Waals surface area contributed by atoms with E-state index in [0.717, 1.165) is 5.06 Å². The normalized spacial score (nSPS) is 23.6. The summed E-state index contributed by atoms with van der Waals surface area (Å²) in [5.41, 5.74) is 0. The van der Waals surface area contributed by atoms with Gasteiger partial charge in [0.2, 0.25) is 0 Å². The zero-order chi connectivity index (χ0) is 25.5. The Morgan fingerprint density at radius 1 is 0.972 bits per heavy atom. The maximum atomic E-state index is 12.7. The van der Waals surface area contributed by atoms with Crippen molar-refractivity contribution in [3.8, 4) is 23.3 Å². The number of hydrogen-bond acceptors (Lipinski definition) is 9. The molecule has 4 rings (SSSR count). The third-order valence-electron chi connectivity index (χ3n) is 5.30. The second-order valence-electron chi connectivity index (χ2n) is 8.45. The van der Waals surface area contributed by atoms with Crippen LogP contribution in [-0.2, 0) is 19.0 Å². The van der Waals surface area contributed by atoms with Crippen LogP contribution >= 0.6 is 0 Å². The number of benzene rings is 2. The number of aliphatic hydroxyl groups is 1. The molecule has 36 heavy (non-hydrogen) atoms. The number of carbonyl (C=O) groups excluding carboxylic acids is 2. The highest BCUT2D eigenvalue weighted by Gasteiger charge is 2.54. The predicted octanol–water partition coefficient (Wildman–Crippen LogP) is 3.29. The van der Waals surface area contributed by atoms with Gasteiger partial charge in [-0.2, -0.15) is 0 Å². The molecule has 190 valence electrons. The van der Waals surface area contributed by atoms with Crippen LogP contribution in [0.15, 0.2) is 60.7 Å². The van der Waals surface area contributed by atoms with Gasteiger partial charge in [0, 0.05) is 6.42 Å². The van der Waals surface area contributed by atoms with Gasteiger partial charge in [-0.15, -0.1) is 5.06 Å². The van der Waals surface area contributed by atoms with E-state index in [2.05, 4.69) is 11.8 Å². The van der Waals surface area contributed by atoms with Crippen molar-refractivity contribution in [1.29, 1.82) is 0 Å². The Morgan fingerprint density at radius 3 is 2.22 bits per heavy atom. The van der Waals surface area contributed by atoms with E-state index >= 15 is 0 Å². The average molecular weight is 498 g/mol. The van der Waals surface area contributed by atoms with Crippen molar-refractivity contribution < 1.29 is 43.2 Å². The smallest absolute Gasteiger partial charge is 0.408 e. The van der Waals surface area contributed by atoms with E-state index in [1.807, 2.05) is 0 Å². The predicted molar refractivity (Wildman–Crippen MR) is 125 cm³/mol. The van der Waals surface area contributed by atoms with Gasteiger partial charge >= 0.3 is 12.2 Å². The van der Waals surface area contributed by atoms with Crippen LogP contribution in [0, 0.1) is 11.8 Å². The monoisotopic (exact) mass is 497 g/mol. The molecule has 4 atom stereocenters. The largest absolute Gasteiger partial charge is 0.539 e. The average Bonchev–Trinajstić information content (AvgIpc) is 3.34. The molecular formula is C26H27NO9. The summed E-state index contributed by atoms with van der Waals surface area (Å²) in [7, 11) is 0. The molecule has 2 aromatic rings. The molecule has 0 bridgehead atoms. The van der Waals surface area contributed by atoms with E-state index in [4.69, 9.17) is 28.5 Å². The van der Waals surface area contributed by atoms with Crippen molar-refractivity contribution in [1.82, 2.24) is 5.06 Å². The highest BCUT2D eigenvalue weighted by Crippen LogP contribution is 2.38. The first-order chi connectivity index (χ1) is 17.3. The Balaban J connectivity index is 1.39. The number of para-hydroxylation sites is 2. The SMILES string of the molecule is CC1(C)OC2C(C#CCCN(OC(=O)Oc3ccccc3)C(=O)Oc3ccccc3)OC(CO)C2O1. The molecule has 0 spiro atoms. The van der Waals surface area contributed by atoms with Crippen LogP contribution in [-0.4, -0.2) is 65.8 Å². The molecule has 0 aromatic heterocycles. The van der Waals surface area contributed by atoms with Crippen LogP contribution in [0.2, 0.25) is 0 Å². The zero-order valence-electron chi connectivity index (χ0n) is 19.9. The Bertz CT molecular complexity index is 1100. The highest BCUT2D eigenvalue weighted by molar-refractivity contribution is 5.72.